The zero-order valence-corrected chi connectivity index (χ0v) is 15.6. The van der Waals surface area contributed by atoms with Crippen LogP contribution in [0.15, 0.2) is 58.8 Å². The van der Waals surface area contributed by atoms with Crippen LogP contribution >= 0.6 is 0 Å². The summed E-state index contributed by atoms with van der Waals surface area (Å²) in [7, 11) is 0. The van der Waals surface area contributed by atoms with Gasteiger partial charge in [0, 0.05) is 0 Å². The van der Waals surface area contributed by atoms with E-state index in [0.29, 0.717) is 22.9 Å². The molecule has 2 N–H and O–H groups in total. The molecule has 0 saturated heterocycles. The number of azo groups is 1. The van der Waals surface area contributed by atoms with E-state index in [0.717, 1.165) is 0 Å². The molecule has 140 valence electrons. The fourth-order valence-electron chi connectivity index (χ4n) is 1.85. The first kappa shape index (κ1) is 19.9. The maximum Gasteiger partial charge on any atom is 0.119 e. The molecule has 0 bridgehead atoms. The molecule has 0 heterocycles. The van der Waals surface area contributed by atoms with Crippen LogP contribution in [0.3, 0.4) is 0 Å². The van der Waals surface area contributed by atoms with E-state index in [-0.39, 0.29) is 13.2 Å². The molecule has 0 atom stereocenters. The lowest BCUT2D eigenvalue weighted by atomic mass is 10.2. The largest absolute Gasteiger partial charge is 0.491 e. The lowest BCUT2D eigenvalue weighted by Gasteiger charge is -2.17. The van der Waals surface area contributed by atoms with Crippen molar-refractivity contribution < 1.29 is 19.7 Å². The van der Waals surface area contributed by atoms with Crippen LogP contribution in [-0.4, -0.2) is 34.6 Å². The van der Waals surface area contributed by atoms with E-state index in [1.807, 2.05) is 0 Å². The molecule has 0 spiro atoms. The second-order valence-electron chi connectivity index (χ2n) is 7.39. The molecule has 0 amide bonds. The van der Waals surface area contributed by atoms with E-state index in [2.05, 4.69) is 10.2 Å². The Morgan fingerprint density at radius 3 is 1.23 bits per heavy atom. The first-order chi connectivity index (χ1) is 12.1. The summed E-state index contributed by atoms with van der Waals surface area (Å²) in [6.07, 6.45) is 0. The predicted octanol–water partition coefficient (Wildman–Crippen LogP) is 4.40. The topological polar surface area (TPSA) is 83.6 Å². The van der Waals surface area contributed by atoms with Gasteiger partial charge in [0.2, 0.25) is 0 Å². The van der Waals surface area contributed by atoms with Crippen molar-refractivity contribution in [2.75, 3.05) is 13.2 Å². The second-order valence-corrected chi connectivity index (χ2v) is 7.39. The summed E-state index contributed by atoms with van der Waals surface area (Å²) in [5.74, 6) is 1.33. The molecule has 0 radical (unpaired) electrons. The van der Waals surface area contributed by atoms with Crippen LogP contribution < -0.4 is 9.47 Å². The third-order valence-electron chi connectivity index (χ3n) is 3.14. The average Bonchev–Trinajstić information content (AvgIpc) is 2.57. The summed E-state index contributed by atoms with van der Waals surface area (Å²) in [6, 6.07) is 14.3. The van der Waals surface area contributed by atoms with E-state index in [9.17, 15) is 10.2 Å². The molecule has 2 rings (SSSR count). The molecule has 0 aliphatic heterocycles. The number of ether oxygens (including phenoxy) is 2. The van der Waals surface area contributed by atoms with Gasteiger partial charge in [0.25, 0.3) is 0 Å². The monoisotopic (exact) mass is 358 g/mol. The maximum absolute atomic E-state index is 9.66. The molecule has 6 nitrogen and oxygen atoms in total. The SMILES string of the molecule is CC(C)(O)COc1ccc(N=Nc2ccc(OCC(C)(C)O)cc2)cc1. The van der Waals surface area contributed by atoms with Crippen molar-refractivity contribution in [3.05, 3.63) is 48.5 Å². The van der Waals surface area contributed by atoms with Crippen molar-refractivity contribution in [3.63, 3.8) is 0 Å². The number of hydrogen-bond donors (Lipinski definition) is 2. The van der Waals surface area contributed by atoms with Gasteiger partial charge < -0.3 is 19.7 Å². The fraction of sp³-hybridized carbons (Fsp3) is 0.400. The summed E-state index contributed by atoms with van der Waals surface area (Å²) < 4.78 is 11.0. The number of nitrogens with zero attached hydrogens (tertiary/aromatic N) is 2. The Balaban J connectivity index is 1.90. The number of aliphatic hydroxyl groups is 2. The zero-order chi connectivity index (χ0) is 19.2. The van der Waals surface area contributed by atoms with Crippen LogP contribution in [-0.2, 0) is 0 Å². The van der Waals surface area contributed by atoms with Crippen LogP contribution in [0.5, 0.6) is 11.5 Å². The van der Waals surface area contributed by atoms with Crippen LogP contribution in [0.25, 0.3) is 0 Å². The standard InChI is InChI=1S/C20H26N2O4/c1-19(2,23)13-25-17-9-5-15(6-10-17)21-22-16-7-11-18(12-8-16)26-14-20(3,4)24/h5-12,23-24H,13-14H2,1-4H3. The van der Waals surface area contributed by atoms with Gasteiger partial charge in [-0.2, -0.15) is 10.2 Å². The lowest BCUT2D eigenvalue weighted by molar-refractivity contribution is 0.0282. The number of benzene rings is 2. The van der Waals surface area contributed by atoms with E-state index < -0.39 is 11.2 Å². The molecule has 0 aliphatic carbocycles. The molecule has 0 aliphatic rings. The molecular weight excluding hydrogens is 332 g/mol. The van der Waals surface area contributed by atoms with Crippen LogP contribution in [0.4, 0.5) is 11.4 Å². The maximum atomic E-state index is 9.66. The lowest BCUT2D eigenvalue weighted by Crippen LogP contribution is -2.27. The minimum atomic E-state index is -0.874. The Morgan fingerprint density at radius 2 is 0.962 bits per heavy atom. The molecule has 2 aromatic rings. The second kappa shape index (κ2) is 8.29. The molecule has 6 heteroatoms. The van der Waals surface area contributed by atoms with Gasteiger partial charge >= 0.3 is 0 Å². The number of rotatable bonds is 8. The molecule has 0 aromatic heterocycles. The van der Waals surface area contributed by atoms with E-state index in [4.69, 9.17) is 9.47 Å². The van der Waals surface area contributed by atoms with Gasteiger partial charge in [-0.25, -0.2) is 0 Å². The van der Waals surface area contributed by atoms with Crippen molar-refractivity contribution in [3.8, 4) is 11.5 Å². The van der Waals surface area contributed by atoms with Gasteiger partial charge in [-0.1, -0.05) is 0 Å². The van der Waals surface area contributed by atoms with Crippen LogP contribution in [0, 0.1) is 0 Å². The Bertz CT molecular complexity index is 648. The highest BCUT2D eigenvalue weighted by Crippen LogP contribution is 2.23. The molecular formula is C20H26N2O4. The van der Waals surface area contributed by atoms with Gasteiger partial charge in [-0.05, 0) is 76.2 Å². The molecule has 0 unspecified atom stereocenters. The minimum Gasteiger partial charge on any atom is -0.491 e. The third-order valence-corrected chi connectivity index (χ3v) is 3.14. The van der Waals surface area contributed by atoms with Gasteiger partial charge in [0.05, 0.1) is 22.6 Å². The van der Waals surface area contributed by atoms with Gasteiger partial charge in [-0.15, -0.1) is 0 Å². The zero-order valence-electron chi connectivity index (χ0n) is 15.6. The van der Waals surface area contributed by atoms with Crippen molar-refractivity contribution >= 4 is 11.4 Å². The minimum absolute atomic E-state index is 0.218. The first-order valence-corrected chi connectivity index (χ1v) is 8.43. The molecule has 0 fully saturated rings. The van der Waals surface area contributed by atoms with E-state index in [1.54, 1.807) is 76.2 Å². The highest BCUT2D eigenvalue weighted by Gasteiger charge is 2.13. The Kier molecular flexibility index (Phi) is 6.34. The van der Waals surface area contributed by atoms with Crippen molar-refractivity contribution in [2.24, 2.45) is 10.2 Å². The highest BCUT2D eigenvalue weighted by atomic mass is 16.5. The van der Waals surface area contributed by atoms with Gasteiger partial charge in [-0.3, -0.25) is 0 Å². The summed E-state index contributed by atoms with van der Waals surface area (Å²) in [5.41, 5.74) is -0.353. The Hall–Kier alpha value is -2.44. The van der Waals surface area contributed by atoms with Crippen molar-refractivity contribution in [1.29, 1.82) is 0 Å². The summed E-state index contributed by atoms with van der Waals surface area (Å²) >= 11 is 0. The molecule has 0 saturated carbocycles. The van der Waals surface area contributed by atoms with Gasteiger partial charge in [0.15, 0.2) is 0 Å². The molecule has 2 aromatic carbocycles. The summed E-state index contributed by atoms with van der Waals surface area (Å²) in [5, 5.41) is 27.7. The van der Waals surface area contributed by atoms with E-state index in [1.165, 1.54) is 0 Å². The fourth-order valence-corrected chi connectivity index (χ4v) is 1.85. The average molecular weight is 358 g/mol. The predicted molar refractivity (Wildman–Crippen MR) is 101 cm³/mol. The normalized spacial score (nSPS) is 12.4. The Morgan fingerprint density at radius 1 is 0.654 bits per heavy atom. The smallest absolute Gasteiger partial charge is 0.119 e. The first-order valence-electron chi connectivity index (χ1n) is 8.43. The number of hydrogen-bond acceptors (Lipinski definition) is 6. The summed E-state index contributed by atoms with van der Waals surface area (Å²) in [6.45, 7) is 7.20. The summed E-state index contributed by atoms with van der Waals surface area (Å²) in [4.78, 5) is 0. The van der Waals surface area contributed by atoms with Crippen molar-refractivity contribution in [2.45, 2.75) is 38.9 Å². The highest BCUT2D eigenvalue weighted by molar-refractivity contribution is 5.44. The molecule has 26 heavy (non-hydrogen) atoms. The van der Waals surface area contributed by atoms with Crippen molar-refractivity contribution in [1.82, 2.24) is 0 Å². The van der Waals surface area contributed by atoms with Gasteiger partial charge in [0.1, 0.15) is 24.7 Å². The third kappa shape index (κ3) is 7.63. The van der Waals surface area contributed by atoms with Crippen LogP contribution in [0.2, 0.25) is 0 Å². The quantitative estimate of drug-likeness (QED) is 0.685. The van der Waals surface area contributed by atoms with Crippen LogP contribution in [0.1, 0.15) is 27.7 Å². The van der Waals surface area contributed by atoms with E-state index >= 15 is 0 Å². The Labute approximate surface area is 154 Å².